The number of thiocarbonyl (C=S) groups is 1. The zero-order chi connectivity index (χ0) is 20.3. The van der Waals surface area contributed by atoms with Gasteiger partial charge in [0.2, 0.25) is 5.91 Å². The van der Waals surface area contributed by atoms with Crippen molar-refractivity contribution in [1.82, 2.24) is 15.3 Å². The highest BCUT2D eigenvalue weighted by molar-refractivity contribution is 7.81. The number of nitrogens with zero attached hydrogens (tertiary/aromatic N) is 4. The summed E-state index contributed by atoms with van der Waals surface area (Å²) in [5.41, 5.74) is 1.05. The van der Waals surface area contributed by atoms with Gasteiger partial charge in [-0.05, 0) is 18.2 Å². The molecule has 1 saturated heterocycles. The first-order valence-corrected chi connectivity index (χ1v) is 8.84. The number of carbonyl (C=O) groups excluding carboxylic acids is 2. The molecule has 2 amide bonds. The quantitative estimate of drug-likeness (QED) is 0.763. The molecule has 3 rings (SSSR count). The van der Waals surface area contributed by atoms with Crippen molar-refractivity contribution in [2.75, 3.05) is 29.9 Å². The Morgan fingerprint density at radius 2 is 2.25 bits per heavy atom. The van der Waals surface area contributed by atoms with E-state index in [9.17, 15) is 14.0 Å². The molecule has 1 fully saturated rings. The van der Waals surface area contributed by atoms with Crippen LogP contribution in [0.2, 0.25) is 0 Å². The first-order chi connectivity index (χ1) is 13.4. The van der Waals surface area contributed by atoms with Gasteiger partial charge >= 0.3 is 6.09 Å². The van der Waals surface area contributed by atoms with Crippen LogP contribution in [0.25, 0.3) is 0 Å². The molecular formula is C18H18FN5O3S. The number of nitrogens with one attached hydrogen (secondary N) is 1. The minimum Gasteiger partial charge on any atom is -0.442 e. The molecule has 146 valence electrons. The number of anilines is 2. The van der Waals surface area contributed by atoms with E-state index >= 15 is 0 Å². The Morgan fingerprint density at radius 3 is 2.89 bits per heavy atom. The predicted molar refractivity (Wildman–Crippen MR) is 105 cm³/mol. The maximum atomic E-state index is 14.7. The molecule has 0 aliphatic carbocycles. The van der Waals surface area contributed by atoms with Crippen LogP contribution >= 0.6 is 12.2 Å². The lowest BCUT2D eigenvalue weighted by Gasteiger charge is -2.21. The molecule has 2 aromatic rings. The van der Waals surface area contributed by atoms with Crippen molar-refractivity contribution in [3.8, 4) is 0 Å². The molecule has 1 aliphatic rings. The number of ether oxygens (including phenoxy) is 1. The summed E-state index contributed by atoms with van der Waals surface area (Å²) in [4.78, 5) is 34.3. The second-order valence-corrected chi connectivity index (χ2v) is 6.53. The number of cyclic esters (lactones) is 1. The van der Waals surface area contributed by atoms with Crippen molar-refractivity contribution in [3.05, 3.63) is 48.3 Å². The molecular weight excluding hydrogens is 385 g/mol. The number of benzene rings is 1. The van der Waals surface area contributed by atoms with Crippen LogP contribution in [-0.2, 0) is 9.53 Å². The number of hydrogen-bond donors (Lipinski definition) is 1. The second-order valence-electron chi connectivity index (χ2n) is 6.14. The van der Waals surface area contributed by atoms with Gasteiger partial charge in [-0.1, -0.05) is 12.2 Å². The van der Waals surface area contributed by atoms with Gasteiger partial charge in [0.25, 0.3) is 0 Å². The molecule has 1 N–H and O–H groups in total. The van der Waals surface area contributed by atoms with Crippen LogP contribution in [0.5, 0.6) is 0 Å². The molecule has 1 aromatic heterocycles. The monoisotopic (exact) mass is 403 g/mol. The zero-order valence-corrected chi connectivity index (χ0v) is 16.1. The van der Waals surface area contributed by atoms with Crippen LogP contribution in [0.1, 0.15) is 12.6 Å². The first kappa shape index (κ1) is 19.6. The molecule has 1 atom stereocenters. The van der Waals surface area contributed by atoms with Gasteiger partial charge in [0.15, 0.2) is 0 Å². The minimum atomic E-state index is -0.592. The summed E-state index contributed by atoms with van der Waals surface area (Å²) in [7, 11) is 1.63. The Balaban J connectivity index is 1.74. The van der Waals surface area contributed by atoms with Crippen molar-refractivity contribution < 1.29 is 18.7 Å². The number of carbonyl (C=O) groups is 2. The highest BCUT2D eigenvalue weighted by Gasteiger charge is 2.33. The van der Waals surface area contributed by atoms with E-state index in [1.807, 2.05) is 0 Å². The fourth-order valence-corrected chi connectivity index (χ4v) is 2.93. The molecule has 2 heterocycles. The van der Waals surface area contributed by atoms with E-state index in [2.05, 4.69) is 15.3 Å². The van der Waals surface area contributed by atoms with Crippen molar-refractivity contribution in [2.45, 2.75) is 13.0 Å². The van der Waals surface area contributed by atoms with Gasteiger partial charge in [-0.25, -0.2) is 9.18 Å². The summed E-state index contributed by atoms with van der Waals surface area (Å²) in [6.45, 7) is 1.80. The molecule has 28 heavy (non-hydrogen) atoms. The van der Waals surface area contributed by atoms with Gasteiger partial charge in [0.05, 0.1) is 30.7 Å². The Bertz CT molecular complexity index is 911. The lowest BCUT2D eigenvalue weighted by atomic mass is 10.2. The third kappa shape index (κ3) is 4.22. The fourth-order valence-electron chi connectivity index (χ4n) is 2.72. The predicted octanol–water partition coefficient (Wildman–Crippen LogP) is 1.89. The van der Waals surface area contributed by atoms with E-state index in [0.717, 1.165) is 0 Å². The molecule has 1 aromatic carbocycles. The van der Waals surface area contributed by atoms with Gasteiger partial charge in [0, 0.05) is 26.4 Å². The summed E-state index contributed by atoms with van der Waals surface area (Å²) < 4.78 is 19.9. The molecule has 0 unspecified atom stereocenters. The lowest BCUT2D eigenvalue weighted by Crippen LogP contribution is -2.33. The maximum absolute atomic E-state index is 14.7. The van der Waals surface area contributed by atoms with Gasteiger partial charge in [-0.15, -0.1) is 0 Å². The topological polar surface area (TPSA) is 87.7 Å². The van der Waals surface area contributed by atoms with Crippen molar-refractivity contribution in [1.29, 1.82) is 0 Å². The normalized spacial score (nSPS) is 15.9. The number of hydrogen-bond acceptors (Lipinski definition) is 6. The van der Waals surface area contributed by atoms with Crippen molar-refractivity contribution in [3.63, 3.8) is 0 Å². The highest BCUT2D eigenvalue weighted by atomic mass is 32.1. The van der Waals surface area contributed by atoms with E-state index in [-0.39, 0.29) is 24.7 Å². The first-order valence-electron chi connectivity index (χ1n) is 8.43. The highest BCUT2D eigenvalue weighted by Crippen LogP contribution is 2.28. The SMILES string of the molecule is CC(=O)NC[C@H]1CN(c2ccc(N(C)C(=S)c3cnccn3)c(F)c2)C(=O)O1. The Morgan fingerprint density at radius 1 is 1.46 bits per heavy atom. The molecule has 10 heteroatoms. The standard InChI is InChI=1S/C18H18FN5O3S/c1-11(25)22-8-13-10-24(18(26)27-13)12-3-4-16(14(19)7-12)23(2)17(28)15-9-20-5-6-21-15/h3-7,9,13H,8,10H2,1-2H3,(H,22,25)/t13-/m0/s1. The Kier molecular flexibility index (Phi) is 5.78. The molecule has 8 nitrogen and oxygen atoms in total. The smallest absolute Gasteiger partial charge is 0.414 e. The third-order valence-electron chi connectivity index (χ3n) is 4.14. The van der Waals surface area contributed by atoms with Crippen LogP contribution < -0.4 is 15.1 Å². The summed E-state index contributed by atoms with van der Waals surface area (Å²) >= 11 is 5.35. The van der Waals surface area contributed by atoms with Gasteiger partial charge < -0.3 is 15.0 Å². The van der Waals surface area contributed by atoms with E-state index in [0.29, 0.717) is 16.4 Å². The summed E-state index contributed by atoms with van der Waals surface area (Å²) in [5.74, 6) is -0.767. The minimum absolute atomic E-state index is 0.202. The second kappa shape index (κ2) is 8.26. The molecule has 1 aliphatic heterocycles. The van der Waals surface area contributed by atoms with Gasteiger partial charge in [0.1, 0.15) is 22.6 Å². The van der Waals surface area contributed by atoms with E-state index in [1.54, 1.807) is 13.1 Å². The largest absolute Gasteiger partial charge is 0.442 e. The van der Waals surface area contributed by atoms with Crippen LogP contribution in [-0.4, -0.2) is 53.2 Å². The number of amides is 2. The number of halogens is 1. The molecule has 0 saturated carbocycles. The van der Waals surface area contributed by atoms with Crippen LogP contribution in [0.3, 0.4) is 0 Å². The lowest BCUT2D eigenvalue weighted by molar-refractivity contribution is -0.119. The van der Waals surface area contributed by atoms with E-state index in [4.69, 9.17) is 17.0 Å². The average molecular weight is 403 g/mol. The summed E-state index contributed by atoms with van der Waals surface area (Å²) in [6.07, 6.45) is 3.44. The van der Waals surface area contributed by atoms with Crippen LogP contribution in [0.4, 0.5) is 20.6 Å². The van der Waals surface area contributed by atoms with Crippen molar-refractivity contribution >= 4 is 40.6 Å². The van der Waals surface area contributed by atoms with E-state index in [1.165, 1.54) is 47.4 Å². The third-order valence-corrected chi connectivity index (χ3v) is 4.63. The summed E-state index contributed by atoms with van der Waals surface area (Å²) in [5, 5.41) is 2.59. The van der Waals surface area contributed by atoms with Crippen molar-refractivity contribution in [2.24, 2.45) is 0 Å². The number of aromatic nitrogens is 2. The molecule has 0 radical (unpaired) electrons. The molecule has 0 spiro atoms. The van der Waals surface area contributed by atoms with E-state index < -0.39 is 18.0 Å². The van der Waals surface area contributed by atoms with Crippen LogP contribution in [0, 0.1) is 5.82 Å². The number of rotatable bonds is 5. The van der Waals surface area contributed by atoms with Gasteiger partial charge in [-0.3, -0.25) is 19.7 Å². The van der Waals surface area contributed by atoms with Gasteiger partial charge in [-0.2, -0.15) is 0 Å². The fraction of sp³-hybridized carbons (Fsp3) is 0.278. The average Bonchev–Trinajstić information content (AvgIpc) is 3.06. The Hall–Kier alpha value is -3.14. The molecule has 0 bridgehead atoms. The maximum Gasteiger partial charge on any atom is 0.414 e. The van der Waals surface area contributed by atoms with Crippen LogP contribution in [0.15, 0.2) is 36.8 Å². The summed E-state index contributed by atoms with van der Waals surface area (Å²) in [6, 6.07) is 4.38. The Labute approximate surface area is 166 Å². The zero-order valence-electron chi connectivity index (χ0n) is 15.3.